The van der Waals surface area contributed by atoms with Gasteiger partial charge >= 0.3 is 64.7 Å². The molecule has 0 aromatic heterocycles. The molecule has 0 heterocycles. The van der Waals surface area contributed by atoms with Gasteiger partial charge in [0.1, 0.15) is 0 Å². The Balaban J connectivity index is 2.73. The fourth-order valence-electron chi connectivity index (χ4n) is 5.95. The zero-order valence-electron chi connectivity index (χ0n) is 19.4. The molecule has 22 heteroatoms. The molecule has 0 atom stereocenters. The average Bonchev–Trinajstić information content (AvgIpc) is 2.81. The third-order valence-corrected chi connectivity index (χ3v) is 7.64. The second kappa shape index (κ2) is 8.00. The van der Waals surface area contributed by atoms with E-state index >= 15 is 70.2 Å². The number of carbonyl (C=O) groups is 2. The van der Waals surface area contributed by atoms with Crippen LogP contribution in [-0.4, -0.2) is 83.9 Å². The predicted octanol–water partition coefficient (Wildman–Crippen LogP) is 5.96. The molecule has 4 aliphatic rings. The number of ether oxygens (including phenoxy) is 2. The highest BCUT2D eigenvalue weighted by atomic mass is 19.3. The van der Waals surface area contributed by atoms with Crippen molar-refractivity contribution in [2.24, 2.45) is 10.8 Å². The molecule has 0 aromatic rings. The fraction of sp³-hybridized carbons (Fsp3) is 0.700. The molecule has 4 aliphatic carbocycles. The number of halogens is 18. The molecule has 0 radical (unpaired) electrons. The lowest BCUT2D eigenvalue weighted by Gasteiger charge is -2.78. The van der Waals surface area contributed by atoms with Gasteiger partial charge in [0.25, 0.3) is 5.92 Å². The van der Waals surface area contributed by atoms with Gasteiger partial charge in [-0.2, -0.15) is 8.78 Å². The van der Waals surface area contributed by atoms with Gasteiger partial charge in [0, 0.05) is 12.2 Å². The van der Waals surface area contributed by atoms with Gasteiger partial charge in [-0.3, -0.25) is 0 Å². The van der Waals surface area contributed by atoms with Crippen LogP contribution in [0.3, 0.4) is 0 Å². The van der Waals surface area contributed by atoms with Crippen molar-refractivity contribution in [1.29, 1.82) is 0 Å². The average molecular weight is 656 g/mol. The highest BCUT2D eigenvalue weighted by Crippen LogP contribution is 2.95. The van der Waals surface area contributed by atoms with Crippen molar-refractivity contribution in [2.75, 3.05) is 13.2 Å². The van der Waals surface area contributed by atoms with E-state index in [2.05, 4.69) is 22.6 Å². The smallest absolute Gasteiger partial charge is 0.338 e. The van der Waals surface area contributed by atoms with Gasteiger partial charge in [0.15, 0.2) is 13.2 Å². The Morgan fingerprint density at radius 1 is 0.500 bits per heavy atom. The standard InChI is InChI=1S/C20H10F18O4/c1-3-7(39)41-5-9(21,22)11-15(27,28)12(10(23,24)6-42-8(40)4-2)18(33,34)13(25,16(11,29)30)20(37,38)14(26,17(11,31)32)19(12,35)36/h3-4H,1-2,5-6H2. The van der Waals surface area contributed by atoms with Crippen molar-refractivity contribution >= 4 is 11.9 Å². The molecule has 4 saturated carbocycles. The summed E-state index contributed by atoms with van der Waals surface area (Å²) in [5.74, 6) is -71.0. The molecule has 0 spiro atoms. The van der Waals surface area contributed by atoms with E-state index in [9.17, 15) is 18.4 Å². The second-order valence-electron chi connectivity index (χ2n) is 9.30. The van der Waals surface area contributed by atoms with Crippen LogP contribution in [0.15, 0.2) is 25.3 Å². The molecule has 0 amide bonds. The van der Waals surface area contributed by atoms with E-state index in [1.54, 1.807) is 0 Å². The molecule has 240 valence electrons. The lowest BCUT2D eigenvalue weighted by Crippen LogP contribution is -3.09. The summed E-state index contributed by atoms with van der Waals surface area (Å²) in [7, 11) is 0. The molecule has 4 nitrogen and oxygen atoms in total. The minimum atomic E-state index is -8.66. The molecule has 4 bridgehead atoms. The third kappa shape index (κ3) is 2.51. The summed E-state index contributed by atoms with van der Waals surface area (Å²) in [6.07, 6.45) is -0.505. The zero-order valence-corrected chi connectivity index (χ0v) is 19.4. The second-order valence-corrected chi connectivity index (χ2v) is 9.30. The van der Waals surface area contributed by atoms with E-state index in [0.29, 0.717) is 0 Å². The van der Waals surface area contributed by atoms with E-state index in [4.69, 9.17) is 0 Å². The first-order chi connectivity index (χ1) is 18.4. The summed E-state index contributed by atoms with van der Waals surface area (Å²) in [5, 5.41) is 0. The van der Waals surface area contributed by atoms with Gasteiger partial charge in [-0.25, -0.2) is 79.8 Å². The highest BCUT2D eigenvalue weighted by molar-refractivity contribution is 5.81. The van der Waals surface area contributed by atoms with E-state index in [-0.39, 0.29) is 12.2 Å². The van der Waals surface area contributed by atoms with E-state index in [1.807, 2.05) is 0 Å². The topological polar surface area (TPSA) is 52.6 Å². The Labute approximate surface area is 219 Å². The predicted molar refractivity (Wildman–Crippen MR) is 94.4 cm³/mol. The Morgan fingerprint density at radius 2 is 0.738 bits per heavy atom. The lowest BCUT2D eigenvalue weighted by molar-refractivity contribution is -0.648. The van der Waals surface area contributed by atoms with E-state index in [1.165, 1.54) is 0 Å². The third-order valence-electron chi connectivity index (χ3n) is 7.64. The summed E-state index contributed by atoms with van der Waals surface area (Å²) in [6, 6.07) is 0. The molecule has 4 fully saturated rings. The van der Waals surface area contributed by atoms with Crippen LogP contribution in [0.5, 0.6) is 0 Å². The van der Waals surface area contributed by atoms with Gasteiger partial charge in [0.05, 0.1) is 0 Å². The van der Waals surface area contributed by atoms with Crippen molar-refractivity contribution in [3.05, 3.63) is 25.3 Å². The summed E-state index contributed by atoms with van der Waals surface area (Å²) < 4.78 is 282. The van der Waals surface area contributed by atoms with Gasteiger partial charge in [-0.05, 0) is 0 Å². The van der Waals surface area contributed by atoms with Crippen LogP contribution in [0.25, 0.3) is 0 Å². The van der Waals surface area contributed by atoms with Crippen LogP contribution in [0.1, 0.15) is 0 Å². The first-order valence-electron chi connectivity index (χ1n) is 10.4. The lowest BCUT2D eigenvalue weighted by atomic mass is 9.30. The highest BCUT2D eigenvalue weighted by Gasteiger charge is 3.25. The van der Waals surface area contributed by atoms with Crippen molar-refractivity contribution < 1.29 is 98.1 Å². The van der Waals surface area contributed by atoms with E-state index in [0.717, 1.165) is 0 Å². The van der Waals surface area contributed by atoms with E-state index < -0.39 is 94.7 Å². The Hall–Kier alpha value is -2.84. The van der Waals surface area contributed by atoms with Crippen LogP contribution >= 0.6 is 0 Å². The zero-order chi connectivity index (χ0) is 33.4. The molecular formula is C20H10F18O4. The van der Waals surface area contributed by atoms with Crippen LogP contribution in [0.4, 0.5) is 79.0 Å². The van der Waals surface area contributed by atoms with Crippen LogP contribution in [0.2, 0.25) is 0 Å². The number of rotatable bonds is 8. The van der Waals surface area contributed by atoms with Gasteiger partial charge < -0.3 is 9.47 Å². The monoisotopic (exact) mass is 656 g/mol. The summed E-state index contributed by atoms with van der Waals surface area (Å²) in [5.41, 5.74) is -33.7. The molecule has 0 saturated heterocycles. The first kappa shape index (κ1) is 33.7. The summed E-state index contributed by atoms with van der Waals surface area (Å²) >= 11 is 0. The Morgan fingerprint density at radius 3 is 0.952 bits per heavy atom. The van der Waals surface area contributed by atoms with Crippen molar-refractivity contribution in [1.82, 2.24) is 0 Å². The van der Waals surface area contributed by atoms with Crippen LogP contribution in [0, 0.1) is 10.8 Å². The maximum Gasteiger partial charge on any atom is 0.338 e. The molecule has 4 rings (SSSR count). The number of alkyl halides is 18. The summed E-state index contributed by atoms with van der Waals surface area (Å²) in [6.45, 7) is -2.63. The molecule has 0 N–H and O–H groups in total. The van der Waals surface area contributed by atoms with Crippen molar-refractivity contribution in [2.45, 2.75) is 58.7 Å². The molecule has 0 aromatic carbocycles. The molecule has 0 unspecified atom stereocenters. The van der Waals surface area contributed by atoms with Gasteiger partial charge in [0.2, 0.25) is 10.8 Å². The minimum absolute atomic E-state index is 0.252. The largest absolute Gasteiger partial charge is 0.456 e. The van der Waals surface area contributed by atoms with Crippen molar-refractivity contribution in [3.63, 3.8) is 0 Å². The maximum atomic E-state index is 15.8. The fourth-order valence-corrected chi connectivity index (χ4v) is 5.95. The quantitative estimate of drug-likeness (QED) is 0.184. The molecular weight excluding hydrogens is 646 g/mol. The number of esters is 2. The maximum absolute atomic E-state index is 15.8. The molecule has 42 heavy (non-hydrogen) atoms. The number of hydrogen-bond acceptors (Lipinski definition) is 4. The number of hydrogen-bond donors (Lipinski definition) is 0. The van der Waals surface area contributed by atoms with Gasteiger partial charge in [-0.1, -0.05) is 13.2 Å². The van der Waals surface area contributed by atoms with Crippen molar-refractivity contribution in [3.8, 4) is 0 Å². The van der Waals surface area contributed by atoms with Gasteiger partial charge in [-0.15, -0.1) is 0 Å². The normalized spacial score (nSPS) is 38.0. The number of carbonyl (C=O) groups excluding carboxylic acids is 2. The minimum Gasteiger partial charge on any atom is -0.456 e. The summed E-state index contributed by atoms with van der Waals surface area (Å²) in [4.78, 5) is 22.2. The molecule has 0 aliphatic heterocycles. The Kier molecular flexibility index (Phi) is 6.41. The van der Waals surface area contributed by atoms with Crippen LogP contribution < -0.4 is 0 Å². The Bertz CT molecular complexity index is 1120. The van der Waals surface area contributed by atoms with Crippen LogP contribution in [-0.2, 0) is 19.1 Å². The first-order valence-corrected chi connectivity index (χ1v) is 10.4. The SMILES string of the molecule is C=CC(=O)OCC(F)(F)C12C(F)(F)C3(F)C(F)(F)C(F)(C1(F)F)C(F)(F)C(C(F)(F)COC(=O)C=C)(C3(F)F)C2(F)F.